The van der Waals surface area contributed by atoms with Crippen molar-refractivity contribution in [1.29, 1.82) is 0 Å². The quantitative estimate of drug-likeness (QED) is 0.144. The van der Waals surface area contributed by atoms with Crippen molar-refractivity contribution >= 4 is 0 Å². The van der Waals surface area contributed by atoms with Crippen molar-refractivity contribution in [3.05, 3.63) is 82.9 Å². The summed E-state index contributed by atoms with van der Waals surface area (Å²) >= 11 is 0. The van der Waals surface area contributed by atoms with Gasteiger partial charge in [-0.1, -0.05) is 24.3 Å². The molecule has 0 fully saturated rings. The Bertz CT molecular complexity index is 1450. The minimum Gasteiger partial charge on any atom is -0.497 e. The summed E-state index contributed by atoms with van der Waals surface area (Å²) in [7, 11) is 13.1. The largest absolute Gasteiger partial charge is 0.497 e. The van der Waals surface area contributed by atoms with Crippen LogP contribution in [0.2, 0.25) is 0 Å². The second-order valence-electron chi connectivity index (χ2n) is 10.1. The Morgan fingerprint density at radius 3 is 1.05 bits per heavy atom. The first-order valence-electron chi connectivity index (χ1n) is 14.4. The zero-order valence-corrected chi connectivity index (χ0v) is 26.9. The molecule has 0 unspecified atom stereocenters. The summed E-state index contributed by atoms with van der Waals surface area (Å²) in [5, 5.41) is 0. The lowest BCUT2D eigenvalue weighted by atomic mass is 9.93. The normalized spacial score (nSPS) is 10.6. The Hall–Kier alpha value is -4.72. The van der Waals surface area contributed by atoms with Gasteiger partial charge in [-0.25, -0.2) is 0 Å². The number of hydrogen-bond donors (Lipinski definition) is 0. The van der Waals surface area contributed by atoms with Gasteiger partial charge in [-0.05, 0) is 84.3 Å². The third-order valence-electron chi connectivity index (χ3n) is 7.68. The number of methoxy groups -OCH3 is 8. The van der Waals surface area contributed by atoms with Crippen LogP contribution in [0.25, 0.3) is 11.1 Å². The fraction of sp³-hybridized carbons (Fsp3) is 0.333. The van der Waals surface area contributed by atoms with E-state index in [1.807, 2.05) is 36.4 Å². The summed E-state index contributed by atoms with van der Waals surface area (Å²) in [6, 6.07) is 20.3. The molecule has 0 saturated carbocycles. The van der Waals surface area contributed by atoms with E-state index in [0.29, 0.717) is 47.3 Å². The van der Waals surface area contributed by atoms with Gasteiger partial charge < -0.3 is 37.9 Å². The topological polar surface area (TPSA) is 73.8 Å². The lowest BCUT2D eigenvalue weighted by molar-refractivity contribution is 0.320. The van der Waals surface area contributed by atoms with Gasteiger partial charge in [-0.15, -0.1) is 0 Å². The zero-order chi connectivity index (χ0) is 31.6. The fourth-order valence-electron chi connectivity index (χ4n) is 5.56. The summed E-state index contributed by atoms with van der Waals surface area (Å²) in [6.45, 7) is 0. The third-order valence-corrected chi connectivity index (χ3v) is 7.68. The summed E-state index contributed by atoms with van der Waals surface area (Å²) in [5.74, 6) is 4.93. The third kappa shape index (κ3) is 6.75. The number of ether oxygens (including phenoxy) is 8. The molecule has 44 heavy (non-hydrogen) atoms. The van der Waals surface area contributed by atoms with Crippen LogP contribution in [0.1, 0.15) is 22.3 Å². The lowest BCUT2D eigenvalue weighted by Crippen LogP contribution is -2.05. The highest BCUT2D eigenvalue weighted by Gasteiger charge is 2.28. The molecule has 0 aliphatic rings. The maximum atomic E-state index is 5.97. The van der Waals surface area contributed by atoms with Crippen molar-refractivity contribution in [3.8, 4) is 57.1 Å². The molecule has 0 spiro atoms. The smallest absolute Gasteiger partial charge is 0.204 e. The van der Waals surface area contributed by atoms with Crippen molar-refractivity contribution in [2.24, 2.45) is 0 Å². The number of benzene rings is 4. The molecule has 0 radical (unpaired) electrons. The number of hydrogen-bond acceptors (Lipinski definition) is 8. The molecule has 0 bridgehead atoms. The molecule has 0 atom stereocenters. The van der Waals surface area contributed by atoms with Crippen LogP contribution in [0.4, 0.5) is 0 Å². The monoisotopic (exact) mass is 602 g/mol. The molecule has 234 valence electrons. The van der Waals surface area contributed by atoms with Crippen LogP contribution in [0.15, 0.2) is 60.7 Å². The van der Waals surface area contributed by atoms with Gasteiger partial charge in [-0.3, -0.25) is 0 Å². The van der Waals surface area contributed by atoms with Crippen LogP contribution in [0.3, 0.4) is 0 Å². The van der Waals surface area contributed by atoms with E-state index >= 15 is 0 Å². The average Bonchev–Trinajstić information content (AvgIpc) is 3.08. The molecule has 0 aliphatic heterocycles. The van der Waals surface area contributed by atoms with Crippen molar-refractivity contribution in [1.82, 2.24) is 0 Å². The number of aryl methyl sites for hydroxylation is 4. The van der Waals surface area contributed by atoms with E-state index in [-0.39, 0.29) is 0 Å². The minimum absolute atomic E-state index is 0.503. The summed E-state index contributed by atoms with van der Waals surface area (Å²) in [5.41, 5.74) is 5.77. The first kappa shape index (κ1) is 32.2. The van der Waals surface area contributed by atoms with Crippen LogP contribution >= 0.6 is 0 Å². The minimum atomic E-state index is 0.503. The maximum Gasteiger partial charge on any atom is 0.204 e. The van der Waals surface area contributed by atoms with E-state index in [1.54, 1.807) is 56.9 Å². The molecule has 0 saturated heterocycles. The molecule has 0 amide bonds. The zero-order valence-electron chi connectivity index (χ0n) is 26.9. The predicted molar refractivity (Wildman–Crippen MR) is 172 cm³/mol. The van der Waals surface area contributed by atoms with E-state index < -0.39 is 0 Å². The second-order valence-corrected chi connectivity index (χ2v) is 10.1. The highest BCUT2D eigenvalue weighted by molar-refractivity contribution is 5.85. The second kappa shape index (κ2) is 15.1. The molecule has 0 heterocycles. The number of rotatable bonds is 15. The molecule has 0 aliphatic carbocycles. The molecular formula is C36H42O8. The van der Waals surface area contributed by atoms with Crippen molar-refractivity contribution in [2.75, 3.05) is 56.9 Å². The first-order valence-corrected chi connectivity index (χ1v) is 14.4. The van der Waals surface area contributed by atoms with Crippen LogP contribution < -0.4 is 37.9 Å². The Balaban J connectivity index is 1.87. The predicted octanol–water partition coefficient (Wildman–Crippen LogP) is 6.99. The SMILES string of the molecule is COc1cccc(CCc2cc(-c3cc(CCc4cccc(OC)c4)c(OC)c(OC)c3OC)c(OC)c(OC)c2OC)c1. The highest BCUT2D eigenvalue weighted by Crippen LogP contribution is 2.53. The molecule has 0 N–H and O–H groups in total. The Morgan fingerprint density at radius 2 is 0.727 bits per heavy atom. The van der Waals surface area contributed by atoms with Gasteiger partial charge in [0.05, 0.1) is 56.9 Å². The van der Waals surface area contributed by atoms with Gasteiger partial charge in [0.15, 0.2) is 23.0 Å². The molecule has 8 heteroatoms. The Labute approximate surface area is 260 Å². The molecule has 4 aromatic rings. The van der Waals surface area contributed by atoms with E-state index in [2.05, 4.69) is 24.3 Å². The van der Waals surface area contributed by atoms with Gasteiger partial charge in [0.1, 0.15) is 11.5 Å². The van der Waals surface area contributed by atoms with Crippen LogP contribution in [-0.2, 0) is 25.7 Å². The average molecular weight is 603 g/mol. The summed E-state index contributed by atoms with van der Waals surface area (Å²) < 4.78 is 46.4. The fourth-order valence-corrected chi connectivity index (χ4v) is 5.56. The Kier molecular flexibility index (Phi) is 11.1. The standard InChI is InChI=1S/C36H42O8/c1-37-27-13-9-11-23(19-27)15-17-25-21-29(33(41-5)35(43-7)31(25)39-3)30-22-26(32(40-4)36(44-8)34(30)42-6)18-16-24-12-10-14-28(20-24)38-2/h9-14,19-22H,15-18H2,1-8H3. The van der Waals surface area contributed by atoms with Crippen molar-refractivity contribution in [2.45, 2.75) is 25.7 Å². The molecule has 0 aromatic heterocycles. The summed E-state index contributed by atoms with van der Waals surface area (Å²) in [6.07, 6.45) is 2.89. The van der Waals surface area contributed by atoms with Gasteiger partial charge in [-0.2, -0.15) is 0 Å². The van der Waals surface area contributed by atoms with Crippen LogP contribution in [0.5, 0.6) is 46.0 Å². The van der Waals surface area contributed by atoms with Gasteiger partial charge in [0, 0.05) is 11.1 Å². The van der Waals surface area contributed by atoms with E-state index in [0.717, 1.165) is 57.7 Å². The molecule has 4 rings (SSSR count). The van der Waals surface area contributed by atoms with Crippen molar-refractivity contribution in [3.63, 3.8) is 0 Å². The van der Waals surface area contributed by atoms with Crippen LogP contribution in [-0.4, -0.2) is 56.9 Å². The van der Waals surface area contributed by atoms with E-state index in [4.69, 9.17) is 37.9 Å². The van der Waals surface area contributed by atoms with E-state index in [9.17, 15) is 0 Å². The molecular weight excluding hydrogens is 560 g/mol. The highest BCUT2D eigenvalue weighted by atomic mass is 16.5. The van der Waals surface area contributed by atoms with Gasteiger partial charge in [0.25, 0.3) is 0 Å². The maximum absolute atomic E-state index is 5.97. The summed E-state index contributed by atoms with van der Waals surface area (Å²) in [4.78, 5) is 0. The molecule has 4 aromatic carbocycles. The van der Waals surface area contributed by atoms with Crippen LogP contribution in [0, 0.1) is 0 Å². The first-order chi connectivity index (χ1) is 21.5. The van der Waals surface area contributed by atoms with Gasteiger partial charge in [0.2, 0.25) is 11.5 Å². The van der Waals surface area contributed by atoms with Crippen molar-refractivity contribution < 1.29 is 37.9 Å². The Morgan fingerprint density at radius 1 is 0.364 bits per heavy atom. The lowest BCUT2D eigenvalue weighted by Gasteiger charge is -2.23. The van der Waals surface area contributed by atoms with Gasteiger partial charge >= 0.3 is 0 Å². The van der Waals surface area contributed by atoms with E-state index in [1.165, 1.54) is 0 Å². The molecule has 8 nitrogen and oxygen atoms in total.